The molecule has 0 radical (unpaired) electrons. The van der Waals surface area contributed by atoms with Gasteiger partial charge in [0.25, 0.3) is 0 Å². The van der Waals surface area contributed by atoms with Crippen molar-refractivity contribution in [3.63, 3.8) is 0 Å². The Bertz CT molecular complexity index is 3280. The lowest BCUT2D eigenvalue weighted by Crippen LogP contribution is -1.97. The Labute approximate surface area is 330 Å². The van der Waals surface area contributed by atoms with E-state index in [9.17, 15) is 0 Å². The summed E-state index contributed by atoms with van der Waals surface area (Å²) in [4.78, 5) is 10.5. The van der Waals surface area contributed by atoms with Crippen LogP contribution in [0.4, 0.5) is 0 Å². The number of hydrogen-bond acceptors (Lipinski definition) is 3. The van der Waals surface area contributed by atoms with Gasteiger partial charge in [-0.3, -0.25) is 0 Å². The predicted octanol–water partition coefficient (Wildman–Crippen LogP) is 14.7. The zero-order valence-corrected chi connectivity index (χ0v) is 30.9. The first kappa shape index (κ1) is 32.8. The van der Waals surface area contributed by atoms with Gasteiger partial charge in [-0.1, -0.05) is 158 Å². The second kappa shape index (κ2) is 13.6. The van der Waals surface area contributed by atoms with Crippen molar-refractivity contribution in [3.8, 4) is 67.3 Å². The number of aromatic nitrogens is 2. The van der Waals surface area contributed by atoms with Crippen LogP contribution in [0.25, 0.3) is 111 Å². The fourth-order valence-corrected chi connectivity index (χ4v) is 8.14. The first-order chi connectivity index (χ1) is 28.2. The zero-order valence-electron chi connectivity index (χ0n) is 30.9. The molecule has 0 amide bonds. The van der Waals surface area contributed by atoms with Crippen molar-refractivity contribution in [1.82, 2.24) is 9.97 Å². The zero-order chi connectivity index (χ0) is 37.7. The van der Waals surface area contributed by atoms with E-state index in [-0.39, 0.29) is 0 Å². The van der Waals surface area contributed by atoms with Crippen LogP contribution in [-0.4, -0.2) is 9.97 Å². The molecule has 11 aromatic rings. The van der Waals surface area contributed by atoms with Crippen LogP contribution in [0, 0.1) is 0 Å². The minimum Gasteiger partial charge on any atom is -0.456 e. The SMILES string of the molecule is c1ccc(-c2cc(-c3cc(-c4ccc5ccccc5c4)cc(-c4ccc5oc6ccccc6c5c4)c3)nc(-c3ccc(-c4cccc5ccccc45)cc3)n2)cc1. The lowest BCUT2D eigenvalue weighted by Gasteiger charge is -2.14. The van der Waals surface area contributed by atoms with Crippen LogP contribution in [-0.2, 0) is 0 Å². The molecular weight excluding hydrogens is 693 g/mol. The Morgan fingerprint density at radius 1 is 0.281 bits per heavy atom. The van der Waals surface area contributed by atoms with Crippen LogP contribution in [0.15, 0.2) is 211 Å². The van der Waals surface area contributed by atoms with E-state index in [4.69, 9.17) is 14.4 Å². The Kier molecular flexibility index (Phi) is 7.82. The van der Waals surface area contributed by atoms with Crippen LogP contribution >= 0.6 is 0 Å². The number of para-hydroxylation sites is 1. The Morgan fingerprint density at radius 2 is 0.860 bits per heavy atom. The minimum atomic E-state index is 0.680. The Morgan fingerprint density at radius 3 is 1.68 bits per heavy atom. The molecule has 2 heterocycles. The van der Waals surface area contributed by atoms with Gasteiger partial charge < -0.3 is 4.42 Å². The van der Waals surface area contributed by atoms with Crippen LogP contribution in [0.2, 0.25) is 0 Å². The molecule has 3 nitrogen and oxygen atoms in total. The van der Waals surface area contributed by atoms with Crippen LogP contribution < -0.4 is 0 Å². The molecule has 2 aromatic heterocycles. The maximum absolute atomic E-state index is 6.22. The van der Waals surface area contributed by atoms with E-state index in [1.165, 1.54) is 27.1 Å². The molecule has 0 aliphatic heterocycles. The average molecular weight is 727 g/mol. The molecule has 11 rings (SSSR count). The highest BCUT2D eigenvalue weighted by Gasteiger charge is 2.16. The number of hydrogen-bond donors (Lipinski definition) is 0. The van der Waals surface area contributed by atoms with Crippen LogP contribution in [0.3, 0.4) is 0 Å². The molecule has 0 atom stereocenters. The summed E-state index contributed by atoms with van der Waals surface area (Å²) >= 11 is 0. The molecule has 57 heavy (non-hydrogen) atoms. The molecular formula is C54H34N2O. The summed E-state index contributed by atoms with van der Waals surface area (Å²) in [6.07, 6.45) is 0. The van der Waals surface area contributed by atoms with E-state index in [0.29, 0.717) is 5.82 Å². The summed E-state index contributed by atoms with van der Waals surface area (Å²) in [6.45, 7) is 0. The molecule has 0 unspecified atom stereocenters. The van der Waals surface area contributed by atoms with Crippen molar-refractivity contribution in [2.24, 2.45) is 0 Å². The quantitative estimate of drug-likeness (QED) is 0.171. The van der Waals surface area contributed by atoms with E-state index in [1.54, 1.807) is 0 Å². The van der Waals surface area contributed by atoms with Gasteiger partial charge in [-0.15, -0.1) is 0 Å². The van der Waals surface area contributed by atoms with Gasteiger partial charge >= 0.3 is 0 Å². The summed E-state index contributed by atoms with van der Waals surface area (Å²) in [5.41, 5.74) is 13.4. The van der Waals surface area contributed by atoms with Crippen molar-refractivity contribution >= 4 is 43.5 Å². The molecule has 0 aliphatic carbocycles. The monoisotopic (exact) mass is 726 g/mol. The van der Waals surface area contributed by atoms with E-state index < -0.39 is 0 Å². The van der Waals surface area contributed by atoms with Gasteiger partial charge in [0.05, 0.1) is 11.4 Å². The van der Waals surface area contributed by atoms with Gasteiger partial charge in [0.1, 0.15) is 11.2 Å². The molecule has 0 saturated carbocycles. The van der Waals surface area contributed by atoms with Gasteiger partial charge in [0.2, 0.25) is 0 Å². The highest BCUT2D eigenvalue weighted by atomic mass is 16.3. The first-order valence-corrected chi connectivity index (χ1v) is 19.3. The highest BCUT2D eigenvalue weighted by molar-refractivity contribution is 6.06. The third kappa shape index (κ3) is 6.03. The van der Waals surface area contributed by atoms with Crippen molar-refractivity contribution in [2.75, 3.05) is 0 Å². The third-order valence-corrected chi connectivity index (χ3v) is 11.1. The topological polar surface area (TPSA) is 38.9 Å². The summed E-state index contributed by atoms with van der Waals surface area (Å²) in [7, 11) is 0. The molecule has 0 bridgehead atoms. The average Bonchev–Trinajstić information content (AvgIpc) is 3.67. The predicted molar refractivity (Wildman–Crippen MR) is 237 cm³/mol. The number of furan rings is 1. The molecule has 0 saturated heterocycles. The van der Waals surface area contributed by atoms with Crippen molar-refractivity contribution in [2.45, 2.75) is 0 Å². The normalized spacial score (nSPS) is 11.5. The molecule has 266 valence electrons. The van der Waals surface area contributed by atoms with E-state index in [2.05, 4.69) is 188 Å². The molecule has 3 heteroatoms. The van der Waals surface area contributed by atoms with Crippen LogP contribution in [0.1, 0.15) is 0 Å². The second-order valence-electron chi connectivity index (χ2n) is 14.6. The highest BCUT2D eigenvalue weighted by Crippen LogP contribution is 2.38. The smallest absolute Gasteiger partial charge is 0.160 e. The maximum atomic E-state index is 6.22. The third-order valence-electron chi connectivity index (χ3n) is 11.1. The number of fused-ring (bicyclic) bond motifs is 5. The summed E-state index contributed by atoms with van der Waals surface area (Å²) in [5.74, 6) is 0.680. The standard InChI is InChI=1S/C54H34N2O/c1-2-13-38(14-3-1)50-34-51(56-54(55-50)39-24-22-37(23-25-39)47-19-10-16-36-12-6-7-17-46(36)47)45-31-43(41-26-21-35-11-4-5-15-40(35)29-41)30-44(32-45)42-27-28-53-49(33-42)48-18-8-9-20-52(48)57-53/h1-34H. The van der Waals surface area contributed by atoms with E-state index >= 15 is 0 Å². The van der Waals surface area contributed by atoms with Crippen molar-refractivity contribution in [3.05, 3.63) is 206 Å². The fourth-order valence-electron chi connectivity index (χ4n) is 8.14. The molecule has 0 aliphatic rings. The summed E-state index contributed by atoms with van der Waals surface area (Å²) < 4.78 is 6.22. The first-order valence-electron chi connectivity index (χ1n) is 19.3. The summed E-state index contributed by atoms with van der Waals surface area (Å²) in [6, 6.07) is 73.0. The number of benzene rings is 9. The lowest BCUT2D eigenvalue weighted by molar-refractivity contribution is 0.669. The molecule has 0 N–H and O–H groups in total. The van der Waals surface area contributed by atoms with E-state index in [1.807, 2.05) is 18.2 Å². The van der Waals surface area contributed by atoms with E-state index in [0.717, 1.165) is 77.8 Å². The van der Waals surface area contributed by atoms with Crippen molar-refractivity contribution < 1.29 is 4.42 Å². The van der Waals surface area contributed by atoms with Crippen LogP contribution in [0.5, 0.6) is 0 Å². The Balaban J connectivity index is 1.09. The summed E-state index contributed by atoms with van der Waals surface area (Å²) in [5, 5.41) is 7.10. The van der Waals surface area contributed by atoms with Gasteiger partial charge in [-0.25, -0.2) is 9.97 Å². The molecule has 0 fully saturated rings. The molecule has 0 spiro atoms. The lowest BCUT2D eigenvalue weighted by atomic mass is 9.93. The minimum absolute atomic E-state index is 0.680. The van der Waals surface area contributed by atoms with Gasteiger partial charge in [-0.05, 0) is 103 Å². The number of nitrogens with zero attached hydrogens (tertiary/aromatic N) is 2. The van der Waals surface area contributed by atoms with Gasteiger partial charge in [-0.2, -0.15) is 0 Å². The Hall–Kier alpha value is -7.62. The van der Waals surface area contributed by atoms with Gasteiger partial charge in [0, 0.05) is 27.5 Å². The largest absolute Gasteiger partial charge is 0.456 e. The molecule has 9 aromatic carbocycles. The maximum Gasteiger partial charge on any atom is 0.160 e. The fraction of sp³-hybridized carbons (Fsp3) is 0. The number of rotatable bonds is 6. The second-order valence-corrected chi connectivity index (χ2v) is 14.6. The van der Waals surface area contributed by atoms with Crippen molar-refractivity contribution in [1.29, 1.82) is 0 Å². The van der Waals surface area contributed by atoms with Gasteiger partial charge in [0.15, 0.2) is 5.82 Å².